The molecule has 0 aliphatic carbocycles. The molecule has 104 valence electrons. The molecule has 20 heavy (non-hydrogen) atoms. The summed E-state index contributed by atoms with van der Waals surface area (Å²) < 4.78 is 5.37. The molecule has 2 N–H and O–H groups in total. The summed E-state index contributed by atoms with van der Waals surface area (Å²) in [6.45, 7) is 3.60. The molecule has 1 unspecified atom stereocenters. The van der Waals surface area contributed by atoms with Crippen molar-refractivity contribution in [2.24, 2.45) is 5.73 Å². The van der Waals surface area contributed by atoms with Gasteiger partial charge in [-0.2, -0.15) is 0 Å². The van der Waals surface area contributed by atoms with Crippen molar-refractivity contribution in [3.63, 3.8) is 0 Å². The lowest BCUT2D eigenvalue weighted by atomic mass is 10.1. The molecule has 2 aromatic rings. The minimum atomic E-state index is -0.585. The second-order valence-electron chi connectivity index (χ2n) is 4.93. The van der Waals surface area contributed by atoms with E-state index >= 15 is 0 Å². The number of carbonyl (C=O) groups is 1. The number of benzene rings is 1. The molecule has 1 amide bonds. The van der Waals surface area contributed by atoms with Gasteiger partial charge in [0.05, 0.1) is 18.7 Å². The summed E-state index contributed by atoms with van der Waals surface area (Å²) in [5.41, 5.74) is 7.36. The fourth-order valence-corrected chi connectivity index (χ4v) is 2.42. The Hall–Kier alpha value is -2.21. The summed E-state index contributed by atoms with van der Waals surface area (Å²) in [5, 5.41) is 0.984. The zero-order chi connectivity index (χ0) is 14.1. The average molecular weight is 272 g/mol. The molecular weight excluding hydrogens is 256 g/mol. The third kappa shape index (κ3) is 2.30. The highest BCUT2D eigenvalue weighted by Gasteiger charge is 2.26. The van der Waals surface area contributed by atoms with Crippen LogP contribution in [0.5, 0.6) is 0 Å². The molecule has 6 nitrogen and oxygen atoms in total. The zero-order valence-corrected chi connectivity index (χ0v) is 11.2. The van der Waals surface area contributed by atoms with Crippen molar-refractivity contribution in [1.82, 2.24) is 9.97 Å². The molecular formula is C14H16N4O2. The Morgan fingerprint density at radius 2 is 2.30 bits per heavy atom. The van der Waals surface area contributed by atoms with E-state index in [1.165, 1.54) is 0 Å². The van der Waals surface area contributed by atoms with Crippen molar-refractivity contribution >= 4 is 22.6 Å². The summed E-state index contributed by atoms with van der Waals surface area (Å²) >= 11 is 0. The number of hydrogen-bond acceptors (Lipinski definition) is 5. The van der Waals surface area contributed by atoms with Crippen molar-refractivity contribution in [3.05, 3.63) is 30.1 Å². The van der Waals surface area contributed by atoms with Gasteiger partial charge >= 0.3 is 0 Å². The van der Waals surface area contributed by atoms with E-state index in [0.29, 0.717) is 19.7 Å². The Bertz CT molecular complexity index is 659. The minimum Gasteiger partial charge on any atom is -0.367 e. The maximum atomic E-state index is 11.3. The third-order valence-electron chi connectivity index (χ3n) is 3.45. The number of nitrogens with two attached hydrogens (primary N) is 1. The maximum absolute atomic E-state index is 11.3. The zero-order valence-electron chi connectivity index (χ0n) is 11.2. The molecule has 1 saturated heterocycles. The van der Waals surface area contributed by atoms with E-state index in [2.05, 4.69) is 16.0 Å². The topological polar surface area (TPSA) is 81.3 Å². The van der Waals surface area contributed by atoms with E-state index in [0.717, 1.165) is 22.3 Å². The number of anilines is 1. The molecule has 1 aromatic carbocycles. The van der Waals surface area contributed by atoms with E-state index < -0.39 is 12.0 Å². The lowest BCUT2D eigenvalue weighted by molar-refractivity contribution is -0.130. The van der Waals surface area contributed by atoms with Gasteiger partial charge in [-0.25, -0.2) is 9.97 Å². The van der Waals surface area contributed by atoms with Crippen LogP contribution in [0.1, 0.15) is 5.56 Å². The van der Waals surface area contributed by atoms with Crippen LogP contribution in [0.3, 0.4) is 0 Å². The van der Waals surface area contributed by atoms with Crippen LogP contribution >= 0.6 is 0 Å². The first-order chi connectivity index (χ1) is 9.65. The molecule has 0 spiro atoms. The van der Waals surface area contributed by atoms with Crippen molar-refractivity contribution in [1.29, 1.82) is 0 Å². The summed E-state index contributed by atoms with van der Waals surface area (Å²) in [5.74, 6) is 0.387. The van der Waals surface area contributed by atoms with Gasteiger partial charge in [0.1, 0.15) is 12.1 Å². The molecule has 0 bridgehead atoms. The Kier molecular flexibility index (Phi) is 3.23. The van der Waals surface area contributed by atoms with E-state index in [4.69, 9.17) is 10.5 Å². The van der Waals surface area contributed by atoms with Gasteiger partial charge < -0.3 is 15.4 Å². The monoisotopic (exact) mass is 272 g/mol. The van der Waals surface area contributed by atoms with Crippen LogP contribution in [0.2, 0.25) is 0 Å². The van der Waals surface area contributed by atoms with Gasteiger partial charge in [0.25, 0.3) is 0 Å². The van der Waals surface area contributed by atoms with E-state index in [1.54, 1.807) is 6.33 Å². The minimum absolute atomic E-state index is 0.426. The number of aromatic nitrogens is 2. The van der Waals surface area contributed by atoms with Gasteiger partial charge in [-0.05, 0) is 19.1 Å². The van der Waals surface area contributed by atoms with Crippen molar-refractivity contribution in [3.8, 4) is 0 Å². The van der Waals surface area contributed by atoms with E-state index in [9.17, 15) is 4.79 Å². The van der Waals surface area contributed by atoms with Gasteiger partial charge in [-0.1, -0.05) is 11.6 Å². The molecule has 2 heterocycles. The van der Waals surface area contributed by atoms with Crippen LogP contribution in [0.4, 0.5) is 5.82 Å². The molecule has 1 atom stereocenters. The predicted molar refractivity (Wildman–Crippen MR) is 75.4 cm³/mol. The van der Waals surface area contributed by atoms with Crippen LogP contribution in [0.25, 0.3) is 10.9 Å². The fraction of sp³-hybridized carbons (Fsp3) is 0.357. The van der Waals surface area contributed by atoms with Gasteiger partial charge in [0.2, 0.25) is 5.91 Å². The SMILES string of the molecule is Cc1ccc2ncnc(N3CCOC(C(N)=O)C3)c2c1. The van der Waals surface area contributed by atoms with Crippen LogP contribution in [0.15, 0.2) is 24.5 Å². The lowest BCUT2D eigenvalue weighted by Gasteiger charge is -2.32. The largest absolute Gasteiger partial charge is 0.367 e. The highest BCUT2D eigenvalue weighted by molar-refractivity contribution is 5.90. The molecule has 3 rings (SSSR count). The quantitative estimate of drug-likeness (QED) is 0.867. The smallest absolute Gasteiger partial charge is 0.248 e. The second kappa shape index (κ2) is 5.05. The first-order valence-corrected chi connectivity index (χ1v) is 6.52. The molecule has 1 aromatic heterocycles. The van der Waals surface area contributed by atoms with Crippen LogP contribution in [0, 0.1) is 6.92 Å². The number of primary amides is 1. The van der Waals surface area contributed by atoms with Crippen LogP contribution in [-0.2, 0) is 9.53 Å². The van der Waals surface area contributed by atoms with Crippen molar-refractivity contribution in [2.45, 2.75) is 13.0 Å². The predicted octanol–water partition coefficient (Wildman–Crippen LogP) is 0.629. The Labute approximate surface area is 116 Å². The highest BCUT2D eigenvalue weighted by Crippen LogP contribution is 2.25. The number of hydrogen-bond donors (Lipinski definition) is 1. The summed E-state index contributed by atoms with van der Waals surface area (Å²) in [6.07, 6.45) is 0.959. The van der Waals surface area contributed by atoms with Crippen molar-refractivity contribution < 1.29 is 9.53 Å². The van der Waals surface area contributed by atoms with Gasteiger partial charge in [-0.3, -0.25) is 4.79 Å². The number of morpholine rings is 1. The van der Waals surface area contributed by atoms with E-state index in [-0.39, 0.29) is 0 Å². The standard InChI is InChI=1S/C14H16N4O2/c1-9-2-3-11-10(6-9)14(17-8-16-11)18-4-5-20-12(7-18)13(15)19/h2-3,6,8,12H,4-5,7H2,1H3,(H2,15,19). The Morgan fingerprint density at radius 3 is 3.10 bits per heavy atom. The molecule has 1 aliphatic rings. The summed E-state index contributed by atoms with van der Waals surface area (Å²) in [7, 11) is 0. The van der Waals surface area contributed by atoms with E-state index in [1.807, 2.05) is 24.0 Å². The van der Waals surface area contributed by atoms with Crippen molar-refractivity contribution in [2.75, 3.05) is 24.6 Å². The number of nitrogens with zero attached hydrogens (tertiary/aromatic N) is 3. The molecule has 0 radical (unpaired) electrons. The summed E-state index contributed by atoms with van der Waals surface area (Å²) in [4.78, 5) is 22.0. The van der Waals surface area contributed by atoms with Gasteiger partial charge in [-0.15, -0.1) is 0 Å². The molecule has 1 aliphatic heterocycles. The fourth-order valence-electron chi connectivity index (χ4n) is 2.42. The number of fused-ring (bicyclic) bond motifs is 1. The molecule has 6 heteroatoms. The number of aryl methyl sites for hydroxylation is 1. The normalized spacial score (nSPS) is 19.2. The number of carbonyl (C=O) groups excluding carboxylic acids is 1. The maximum Gasteiger partial charge on any atom is 0.248 e. The third-order valence-corrected chi connectivity index (χ3v) is 3.45. The average Bonchev–Trinajstić information content (AvgIpc) is 2.46. The second-order valence-corrected chi connectivity index (χ2v) is 4.93. The number of ether oxygens (including phenoxy) is 1. The van der Waals surface area contributed by atoms with Gasteiger partial charge in [0.15, 0.2) is 6.10 Å². The Morgan fingerprint density at radius 1 is 1.45 bits per heavy atom. The van der Waals surface area contributed by atoms with Gasteiger partial charge in [0, 0.05) is 11.9 Å². The lowest BCUT2D eigenvalue weighted by Crippen LogP contribution is -2.48. The Balaban J connectivity index is 2.01. The first kappa shape index (κ1) is 12.8. The number of amides is 1. The first-order valence-electron chi connectivity index (χ1n) is 6.52. The van der Waals surface area contributed by atoms with Crippen LogP contribution < -0.4 is 10.6 Å². The molecule has 0 saturated carbocycles. The van der Waals surface area contributed by atoms with Crippen LogP contribution in [-0.4, -0.2) is 41.7 Å². The number of rotatable bonds is 2. The molecule has 1 fully saturated rings. The summed E-state index contributed by atoms with van der Waals surface area (Å²) in [6, 6.07) is 6.05. The highest BCUT2D eigenvalue weighted by atomic mass is 16.5.